The van der Waals surface area contributed by atoms with Gasteiger partial charge in [0.15, 0.2) is 0 Å². The van der Waals surface area contributed by atoms with E-state index in [9.17, 15) is 18.0 Å². The van der Waals surface area contributed by atoms with Crippen molar-refractivity contribution in [1.29, 1.82) is 0 Å². The largest absolute Gasteiger partial charge is 0.416 e. The van der Waals surface area contributed by atoms with Gasteiger partial charge in [-0.15, -0.1) is 0 Å². The van der Waals surface area contributed by atoms with Crippen molar-refractivity contribution < 1.29 is 18.0 Å². The maximum Gasteiger partial charge on any atom is 0.416 e. The Balaban J connectivity index is 3.02. The zero-order chi connectivity index (χ0) is 13.2. The maximum atomic E-state index is 12.5. The number of hydrogen-bond acceptors (Lipinski definition) is 1. The fourth-order valence-corrected chi connectivity index (χ4v) is 2.15. The third-order valence-electron chi connectivity index (χ3n) is 2.01. The second-order valence-electron chi connectivity index (χ2n) is 3.42. The van der Waals surface area contributed by atoms with E-state index in [1.54, 1.807) is 0 Å². The van der Waals surface area contributed by atoms with Gasteiger partial charge in [-0.05, 0) is 30.2 Å². The highest BCUT2D eigenvalue weighted by Gasteiger charge is 2.31. The molecule has 0 heterocycles. The summed E-state index contributed by atoms with van der Waals surface area (Å²) in [6, 6.07) is 3.51. The topological polar surface area (TPSA) is 43.1 Å². The minimum absolute atomic E-state index is 0.109. The molecular weight excluding hydrogens is 367 g/mol. The minimum atomic E-state index is -4.41. The van der Waals surface area contributed by atoms with Gasteiger partial charge in [0.2, 0.25) is 5.91 Å². The van der Waals surface area contributed by atoms with Gasteiger partial charge in [0.05, 0.1) is 10.4 Å². The first-order chi connectivity index (χ1) is 7.70. The lowest BCUT2D eigenvalue weighted by Crippen LogP contribution is -2.25. The van der Waals surface area contributed by atoms with Crippen LogP contribution in [0.2, 0.25) is 0 Å². The Morgan fingerprint density at radius 1 is 1.35 bits per heavy atom. The number of nitrogens with two attached hydrogens (primary N) is 1. The number of halogens is 5. The summed E-state index contributed by atoms with van der Waals surface area (Å²) in [5.41, 5.74) is 4.65. The maximum absolute atomic E-state index is 12.5. The number of hydrogen-bond donors (Lipinski definition) is 1. The van der Waals surface area contributed by atoms with E-state index in [2.05, 4.69) is 31.9 Å². The second kappa shape index (κ2) is 5.39. The van der Waals surface area contributed by atoms with Crippen molar-refractivity contribution in [2.75, 3.05) is 0 Å². The van der Waals surface area contributed by atoms with Crippen molar-refractivity contribution in [3.8, 4) is 0 Å². The summed E-state index contributed by atoms with van der Waals surface area (Å²) < 4.78 is 37.9. The SMILES string of the molecule is NC(=O)C(Br)Cc1cc(Br)cc(C(F)(F)F)c1. The molecule has 2 N–H and O–H groups in total. The van der Waals surface area contributed by atoms with E-state index in [1.165, 1.54) is 6.07 Å². The molecule has 0 aliphatic rings. The number of carbonyl (C=O) groups is 1. The molecule has 1 rings (SSSR count). The molecule has 1 aromatic carbocycles. The molecule has 0 spiro atoms. The van der Waals surface area contributed by atoms with Crippen LogP contribution >= 0.6 is 31.9 Å². The van der Waals surface area contributed by atoms with E-state index in [-0.39, 0.29) is 6.42 Å². The molecule has 0 aliphatic heterocycles. The van der Waals surface area contributed by atoms with Crippen molar-refractivity contribution >= 4 is 37.8 Å². The van der Waals surface area contributed by atoms with Gasteiger partial charge >= 0.3 is 6.18 Å². The fourth-order valence-electron chi connectivity index (χ4n) is 1.24. The molecule has 0 fully saturated rings. The Hall–Kier alpha value is -0.560. The third kappa shape index (κ3) is 4.31. The first-order valence-corrected chi connectivity index (χ1v) is 6.21. The predicted octanol–water partition coefficient (Wildman–Crippen LogP) is 3.26. The van der Waals surface area contributed by atoms with Crippen molar-refractivity contribution in [2.24, 2.45) is 5.73 Å². The number of primary amides is 1. The Bertz CT molecular complexity index is 434. The van der Waals surface area contributed by atoms with Gasteiger partial charge in [0.1, 0.15) is 0 Å². The molecule has 94 valence electrons. The Morgan fingerprint density at radius 3 is 2.41 bits per heavy atom. The molecule has 0 aliphatic carbocycles. The predicted molar refractivity (Wildman–Crippen MR) is 64.8 cm³/mol. The molecule has 0 saturated carbocycles. The van der Waals surface area contributed by atoms with Gasteiger partial charge in [-0.3, -0.25) is 4.79 Å². The molecule has 7 heteroatoms. The molecule has 0 saturated heterocycles. The molecule has 1 aromatic rings. The Morgan fingerprint density at radius 2 is 1.94 bits per heavy atom. The van der Waals surface area contributed by atoms with Crippen molar-refractivity contribution in [3.05, 3.63) is 33.8 Å². The molecular formula is C10H8Br2F3NO. The summed E-state index contributed by atoms with van der Waals surface area (Å²) in [5.74, 6) is -0.612. The van der Waals surface area contributed by atoms with Gasteiger partial charge in [-0.2, -0.15) is 13.2 Å². The molecule has 0 radical (unpaired) electrons. The lowest BCUT2D eigenvalue weighted by Gasteiger charge is -2.11. The molecule has 0 aromatic heterocycles. The van der Waals surface area contributed by atoms with Gasteiger partial charge < -0.3 is 5.73 Å². The molecule has 17 heavy (non-hydrogen) atoms. The van der Waals surface area contributed by atoms with Crippen LogP contribution in [0.15, 0.2) is 22.7 Å². The quantitative estimate of drug-likeness (QED) is 0.811. The van der Waals surface area contributed by atoms with Crippen LogP contribution < -0.4 is 5.73 Å². The monoisotopic (exact) mass is 373 g/mol. The van der Waals surface area contributed by atoms with E-state index in [4.69, 9.17) is 5.73 Å². The number of benzene rings is 1. The van der Waals surface area contributed by atoms with Crippen molar-refractivity contribution in [2.45, 2.75) is 17.4 Å². The van der Waals surface area contributed by atoms with Gasteiger partial charge in [0.25, 0.3) is 0 Å². The number of alkyl halides is 4. The summed E-state index contributed by atoms with van der Waals surface area (Å²) in [6.07, 6.45) is -4.30. The number of amides is 1. The van der Waals surface area contributed by atoms with Crippen molar-refractivity contribution in [3.63, 3.8) is 0 Å². The molecule has 1 amide bonds. The van der Waals surface area contributed by atoms with Gasteiger partial charge in [-0.25, -0.2) is 0 Å². The highest BCUT2D eigenvalue weighted by atomic mass is 79.9. The second-order valence-corrected chi connectivity index (χ2v) is 5.44. The fraction of sp³-hybridized carbons (Fsp3) is 0.300. The Labute approximate surface area is 113 Å². The first kappa shape index (κ1) is 14.5. The van der Waals surface area contributed by atoms with Crippen LogP contribution in [-0.2, 0) is 17.4 Å². The lowest BCUT2D eigenvalue weighted by molar-refractivity contribution is -0.137. The van der Waals surface area contributed by atoms with E-state index < -0.39 is 22.5 Å². The van der Waals surface area contributed by atoms with Crippen LogP contribution in [-0.4, -0.2) is 10.7 Å². The average Bonchev–Trinajstić information content (AvgIpc) is 2.15. The van der Waals surface area contributed by atoms with E-state index in [0.29, 0.717) is 10.0 Å². The van der Waals surface area contributed by atoms with Gasteiger partial charge in [0, 0.05) is 4.47 Å². The number of carbonyl (C=O) groups excluding carboxylic acids is 1. The Kier molecular flexibility index (Phi) is 4.60. The highest BCUT2D eigenvalue weighted by molar-refractivity contribution is 9.10. The van der Waals surface area contributed by atoms with E-state index in [0.717, 1.165) is 12.1 Å². The molecule has 0 bridgehead atoms. The normalized spacial score (nSPS) is 13.5. The van der Waals surface area contributed by atoms with Gasteiger partial charge in [-0.1, -0.05) is 31.9 Å². The molecule has 2 nitrogen and oxygen atoms in total. The summed E-state index contributed by atoms with van der Waals surface area (Å²) in [7, 11) is 0. The molecule has 1 unspecified atom stereocenters. The first-order valence-electron chi connectivity index (χ1n) is 4.50. The summed E-state index contributed by atoms with van der Waals surface area (Å²) in [6.45, 7) is 0. The average molecular weight is 375 g/mol. The minimum Gasteiger partial charge on any atom is -0.369 e. The third-order valence-corrected chi connectivity index (χ3v) is 3.24. The molecule has 1 atom stereocenters. The number of rotatable bonds is 3. The van der Waals surface area contributed by atoms with Crippen LogP contribution in [0.1, 0.15) is 11.1 Å². The van der Waals surface area contributed by atoms with Crippen LogP contribution in [0.25, 0.3) is 0 Å². The highest BCUT2D eigenvalue weighted by Crippen LogP contribution is 2.32. The van der Waals surface area contributed by atoms with Crippen LogP contribution in [0, 0.1) is 0 Å². The lowest BCUT2D eigenvalue weighted by atomic mass is 10.1. The zero-order valence-corrected chi connectivity index (χ0v) is 11.6. The summed E-state index contributed by atoms with van der Waals surface area (Å²) >= 11 is 6.01. The van der Waals surface area contributed by atoms with Crippen LogP contribution in [0.4, 0.5) is 13.2 Å². The summed E-state index contributed by atoms with van der Waals surface area (Å²) in [5, 5.41) is 0. The summed E-state index contributed by atoms with van der Waals surface area (Å²) in [4.78, 5) is 10.1. The van der Waals surface area contributed by atoms with E-state index >= 15 is 0 Å². The van der Waals surface area contributed by atoms with E-state index in [1.807, 2.05) is 0 Å². The zero-order valence-electron chi connectivity index (χ0n) is 8.39. The standard InChI is InChI=1S/C10H8Br2F3NO/c11-7-2-5(3-8(12)9(16)17)1-6(4-7)10(13,14)15/h1-2,4,8H,3H2,(H2,16,17). The van der Waals surface area contributed by atoms with Crippen LogP contribution in [0.5, 0.6) is 0 Å². The van der Waals surface area contributed by atoms with Crippen molar-refractivity contribution in [1.82, 2.24) is 0 Å². The van der Waals surface area contributed by atoms with Crippen LogP contribution in [0.3, 0.4) is 0 Å². The smallest absolute Gasteiger partial charge is 0.369 e.